The number of unbranched alkanes of at least 4 members (excludes halogenated alkanes) is 2. The summed E-state index contributed by atoms with van der Waals surface area (Å²) in [5.41, 5.74) is 0.366. The van der Waals surface area contributed by atoms with Crippen molar-refractivity contribution in [1.82, 2.24) is 10.2 Å². The largest absolute Gasteiger partial charge is 0.463 e. The van der Waals surface area contributed by atoms with Gasteiger partial charge < -0.3 is 20.1 Å². The predicted molar refractivity (Wildman–Crippen MR) is 141 cm³/mol. The van der Waals surface area contributed by atoms with Crippen LogP contribution in [0.5, 0.6) is 0 Å². The number of hydrogen-bond acceptors (Lipinski definition) is 5. The average Bonchev–Trinajstić information content (AvgIpc) is 3.34. The minimum Gasteiger partial charge on any atom is -0.463 e. The van der Waals surface area contributed by atoms with Gasteiger partial charge in [0.25, 0.3) is 0 Å². The van der Waals surface area contributed by atoms with Gasteiger partial charge in [0.15, 0.2) is 0 Å². The van der Waals surface area contributed by atoms with Gasteiger partial charge in [-0.05, 0) is 44.1 Å². The standard InChI is InChI=1S/C29H42N2O5/c1-3-5-6-10-16-27(34)36-23-29(17-11-12-18-29)30-28(35)25(13-4-2)21-26(33)31(19-20-32)22-24-14-8-7-9-15-24/h3-4,7-9,14-15,25,32H,1-2,5-6,10-13,16-23H2,(H,30,35)/t25-/m1/s1. The highest BCUT2D eigenvalue weighted by Gasteiger charge is 2.38. The Kier molecular flexibility index (Phi) is 13.0. The van der Waals surface area contributed by atoms with Crippen LogP contribution in [-0.2, 0) is 25.7 Å². The first-order valence-corrected chi connectivity index (χ1v) is 13.0. The summed E-state index contributed by atoms with van der Waals surface area (Å²) in [7, 11) is 0. The number of nitrogens with one attached hydrogen (secondary N) is 1. The molecule has 0 aromatic heterocycles. The number of carbonyl (C=O) groups excluding carboxylic acids is 3. The summed E-state index contributed by atoms with van der Waals surface area (Å²) in [5.74, 6) is -1.26. The fourth-order valence-corrected chi connectivity index (χ4v) is 4.61. The Balaban J connectivity index is 1.99. The SMILES string of the molecule is C=CCCCCC(=O)OCC1(NC(=O)[C@H](CC=C)CC(=O)N(CCO)Cc2ccccc2)CCCC1. The van der Waals surface area contributed by atoms with Crippen LogP contribution in [0.25, 0.3) is 0 Å². The van der Waals surface area contributed by atoms with Gasteiger partial charge in [-0.2, -0.15) is 0 Å². The van der Waals surface area contributed by atoms with Gasteiger partial charge in [-0.3, -0.25) is 14.4 Å². The highest BCUT2D eigenvalue weighted by Crippen LogP contribution is 2.31. The van der Waals surface area contributed by atoms with Crippen molar-refractivity contribution in [3.05, 3.63) is 61.2 Å². The molecule has 2 rings (SSSR count). The van der Waals surface area contributed by atoms with Gasteiger partial charge in [0.05, 0.1) is 18.1 Å². The molecule has 1 aromatic carbocycles. The number of aliphatic hydroxyl groups excluding tert-OH is 1. The van der Waals surface area contributed by atoms with E-state index in [9.17, 15) is 19.5 Å². The molecule has 1 atom stereocenters. The molecule has 198 valence electrons. The van der Waals surface area contributed by atoms with Gasteiger partial charge in [-0.1, -0.05) is 55.3 Å². The molecule has 1 aliphatic carbocycles. The van der Waals surface area contributed by atoms with Gasteiger partial charge in [0.2, 0.25) is 11.8 Å². The van der Waals surface area contributed by atoms with Crippen molar-refractivity contribution in [2.45, 2.75) is 76.3 Å². The van der Waals surface area contributed by atoms with Crippen molar-refractivity contribution in [3.63, 3.8) is 0 Å². The zero-order valence-corrected chi connectivity index (χ0v) is 21.5. The van der Waals surface area contributed by atoms with E-state index in [1.807, 2.05) is 36.4 Å². The van der Waals surface area contributed by atoms with Crippen LogP contribution in [-0.4, -0.2) is 53.1 Å². The van der Waals surface area contributed by atoms with Crippen LogP contribution < -0.4 is 5.32 Å². The molecular weight excluding hydrogens is 456 g/mol. The molecule has 0 aliphatic heterocycles. The molecule has 1 aliphatic rings. The summed E-state index contributed by atoms with van der Waals surface area (Å²) >= 11 is 0. The second kappa shape index (κ2) is 15.9. The lowest BCUT2D eigenvalue weighted by molar-refractivity contribution is -0.147. The van der Waals surface area contributed by atoms with E-state index in [4.69, 9.17) is 4.74 Å². The summed E-state index contributed by atoms with van der Waals surface area (Å²) in [4.78, 5) is 40.3. The van der Waals surface area contributed by atoms with Crippen LogP contribution in [0.1, 0.15) is 69.8 Å². The predicted octanol–water partition coefficient (Wildman–Crippen LogP) is 4.31. The first-order chi connectivity index (χ1) is 17.4. The molecule has 36 heavy (non-hydrogen) atoms. The van der Waals surface area contributed by atoms with E-state index in [-0.39, 0.29) is 44.0 Å². The quantitative estimate of drug-likeness (QED) is 0.190. The van der Waals surface area contributed by atoms with Crippen LogP contribution in [0.15, 0.2) is 55.6 Å². The lowest BCUT2D eigenvalue weighted by atomic mass is 9.94. The van der Waals surface area contributed by atoms with Crippen LogP contribution in [0.3, 0.4) is 0 Å². The van der Waals surface area contributed by atoms with Crippen LogP contribution in [0.2, 0.25) is 0 Å². The number of hydrogen-bond donors (Lipinski definition) is 2. The van der Waals surface area contributed by atoms with E-state index in [1.165, 1.54) is 0 Å². The number of rotatable bonds is 17. The lowest BCUT2D eigenvalue weighted by Gasteiger charge is -2.32. The van der Waals surface area contributed by atoms with E-state index < -0.39 is 11.5 Å². The Morgan fingerprint density at radius 1 is 1.11 bits per heavy atom. The monoisotopic (exact) mass is 498 g/mol. The zero-order chi connectivity index (χ0) is 26.2. The molecule has 0 saturated heterocycles. The van der Waals surface area contributed by atoms with Crippen LogP contribution in [0, 0.1) is 5.92 Å². The highest BCUT2D eigenvalue weighted by molar-refractivity contribution is 5.86. The first-order valence-electron chi connectivity index (χ1n) is 13.0. The summed E-state index contributed by atoms with van der Waals surface area (Å²) in [6, 6.07) is 9.57. The fraction of sp³-hybridized carbons (Fsp3) is 0.552. The molecule has 0 unspecified atom stereocenters. The molecule has 2 amide bonds. The maximum absolute atomic E-state index is 13.3. The number of esters is 1. The Morgan fingerprint density at radius 2 is 1.83 bits per heavy atom. The number of aliphatic hydroxyl groups is 1. The fourth-order valence-electron chi connectivity index (χ4n) is 4.61. The Morgan fingerprint density at radius 3 is 2.47 bits per heavy atom. The maximum Gasteiger partial charge on any atom is 0.305 e. The number of benzene rings is 1. The van der Waals surface area contributed by atoms with Crippen molar-refractivity contribution in [1.29, 1.82) is 0 Å². The molecule has 7 nitrogen and oxygen atoms in total. The van der Waals surface area contributed by atoms with E-state index in [0.29, 0.717) is 19.4 Å². The summed E-state index contributed by atoms with van der Waals surface area (Å²) in [6.07, 6.45) is 10.1. The van der Waals surface area contributed by atoms with E-state index in [2.05, 4.69) is 18.5 Å². The second-order valence-electron chi connectivity index (χ2n) is 9.62. The third-order valence-corrected chi connectivity index (χ3v) is 6.68. The Labute approximate surface area is 215 Å². The Hall–Kier alpha value is -2.93. The van der Waals surface area contributed by atoms with E-state index >= 15 is 0 Å². The third kappa shape index (κ3) is 9.97. The summed E-state index contributed by atoms with van der Waals surface area (Å²) in [6.45, 7) is 8.02. The molecule has 0 bridgehead atoms. The van der Waals surface area contributed by atoms with Crippen molar-refractivity contribution < 1.29 is 24.2 Å². The molecule has 1 fully saturated rings. The number of ether oxygens (including phenoxy) is 1. The number of carbonyl (C=O) groups is 3. The van der Waals surface area contributed by atoms with Gasteiger partial charge in [-0.25, -0.2) is 0 Å². The molecule has 7 heteroatoms. The molecule has 0 spiro atoms. The van der Waals surface area contributed by atoms with Gasteiger partial charge in [-0.15, -0.1) is 13.2 Å². The highest BCUT2D eigenvalue weighted by atomic mass is 16.5. The summed E-state index contributed by atoms with van der Waals surface area (Å²) in [5, 5.41) is 12.6. The minimum atomic E-state index is -0.592. The number of allylic oxidation sites excluding steroid dienone is 2. The van der Waals surface area contributed by atoms with Gasteiger partial charge >= 0.3 is 5.97 Å². The maximum atomic E-state index is 13.3. The first kappa shape index (κ1) is 29.3. The topological polar surface area (TPSA) is 95.9 Å². The second-order valence-corrected chi connectivity index (χ2v) is 9.62. The number of amides is 2. The van der Waals surface area contributed by atoms with Crippen molar-refractivity contribution >= 4 is 17.8 Å². The van der Waals surface area contributed by atoms with Crippen molar-refractivity contribution in [2.24, 2.45) is 5.92 Å². The molecule has 2 N–H and O–H groups in total. The van der Waals surface area contributed by atoms with E-state index in [1.54, 1.807) is 11.0 Å². The van der Waals surface area contributed by atoms with Gasteiger partial charge in [0.1, 0.15) is 6.61 Å². The molecule has 0 heterocycles. The van der Waals surface area contributed by atoms with Crippen molar-refractivity contribution in [3.8, 4) is 0 Å². The van der Waals surface area contributed by atoms with Crippen LogP contribution in [0.4, 0.5) is 0 Å². The van der Waals surface area contributed by atoms with Gasteiger partial charge in [0, 0.05) is 25.9 Å². The van der Waals surface area contributed by atoms with E-state index in [0.717, 1.165) is 50.5 Å². The molecular formula is C29H42N2O5. The normalized spacial score (nSPS) is 15.0. The van der Waals surface area contributed by atoms with Crippen LogP contribution >= 0.6 is 0 Å². The average molecular weight is 499 g/mol. The third-order valence-electron chi connectivity index (χ3n) is 6.68. The van der Waals surface area contributed by atoms with Crippen molar-refractivity contribution in [2.75, 3.05) is 19.8 Å². The minimum absolute atomic E-state index is 0.0177. The zero-order valence-electron chi connectivity index (χ0n) is 21.5. The molecule has 1 aromatic rings. The number of nitrogens with zero attached hydrogens (tertiary/aromatic N) is 1. The smallest absolute Gasteiger partial charge is 0.305 e. The Bertz CT molecular complexity index is 848. The summed E-state index contributed by atoms with van der Waals surface area (Å²) < 4.78 is 5.57. The molecule has 1 saturated carbocycles. The lowest BCUT2D eigenvalue weighted by Crippen LogP contribution is -2.52. The molecule has 0 radical (unpaired) electrons.